The Balaban J connectivity index is 3.18. The van der Waals surface area contributed by atoms with E-state index in [1.54, 1.807) is 46.0 Å². The Hall–Kier alpha value is -0.590. The highest BCUT2D eigenvalue weighted by atomic mass is 31.2. The molecule has 1 aromatic heterocycles. The first-order chi connectivity index (χ1) is 12.0. The maximum absolute atomic E-state index is 13.3. The van der Waals surface area contributed by atoms with Gasteiger partial charge in [-0.25, -0.2) is 0 Å². The van der Waals surface area contributed by atoms with Gasteiger partial charge >= 0.3 is 15.2 Å². The number of nitrogens with zero attached hydrogens (tertiary/aromatic N) is 1. The predicted octanol–water partition coefficient (Wildman–Crippen LogP) is 3.99. The van der Waals surface area contributed by atoms with Crippen LogP contribution in [0.25, 0.3) is 0 Å². The Morgan fingerprint density at radius 3 is 1.76 bits per heavy atom. The maximum Gasteiger partial charge on any atom is 0.359 e. The van der Waals surface area contributed by atoms with Crippen molar-refractivity contribution >= 4 is 15.2 Å². The molecule has 0 bridgehead atoms. The van der Waals surface area contributed by atoms with Crippen molar-refractivity contribution in [3.8, 4) is 0 Å². The lowest BCUT2D eigenvalue weighted by Crippen LogP contribution is -2.32. The molecule has 0 fully saturated rings. The topological polar surface area (TPSA) is 96.0 Å². The van der Waals surface area contributed by atoms with Gasteiger partial charge in [0.05, 0.1) is 32.1 Å². The second-order valence-electron chi connectivity index (χ2n) is 4.83. The van der Waals surface area contributed by atoms with Crippen LogP contribution in [0.15, 0.2) is 24.4 Å². The van der Waals surface area contributed by atoms with E-state index < -0.39 is 20.7 Å². The van der Waals surface area contributed by atoms with Gasteiger partial charge in [0.1, 0.15) is 0 Å². The lowest BCUT2D eigenvalue weighted by Gasteiger charge is -2.31. The van der Waals surface area contributed by atoms with E-state index in [4.69, 9.17) is 18.1 Å². The first-order valence-corrected chi connectivity index (χ1v) is 11.6. The second kappa shape index (κ2) is 11.2. The lowest BCUT2D eigenvalue weighted by molar-refractivity contribution is 0.190. The van der Waals surface area contributed by atoms with Crippen molar-refractivity contribution in [1.82, 2.24) is 10.3 Å². The first kappa shape index (κ1) is 22.5. The summed E-state index contributed by atoms with van der Waals surface area (Å²) in [5, 5.41) is 2.97. The average molecular weight is 394 g/mol. The Labute approximate surface area is 149 Å². The number of rotatable bonds is 13. The first-order valence-electron chi connectivity index (χ1n) is 8.36. The summed E-state index contributed by atoms with van der Waals surface area (Å²) in [7, 11) is -7.60. The third-order valence-corrected chi connectivity index (χ3v) is 8.76. The summed E-state index contributed by atoms with van der Waals surface area (Å²) in [5.74, 6) is 0. The monoisotopic (exact) mass is 394 g/mol. The molecule has 0 aromatic carbocycles. The summed E-state index contributed by atoms with van der Waals surface area (Å²) in [6.45, 7) is 7.51. The van der Waals surface area contributed by atoms with E-state index in [9.17, 15) is 9.13 Å². The minimum Gasteiger partial charge on any atom is -0.307 e. The SMILES string of the molecule is CCOP(=O)(OCC)C(NCc1ccccn1)P(=O)(OCC)OCC. The Bertz CT molecular complexity index is 537. The van der Waals surface area contributed by atoms with Crippen LogP contribution in [-0.4, -0.2) is 36.9 Å². The van der Waals surface area contributed by atoms with Crippen molar-refractivity contribution in [1.29, 1.82) is 0 Å². The van der Waals surface area contributed by atoms with Gasteiger partial charge in [-0.1, -0.05) is 6.07 Å². The van der Waals surface area contributed by atoms with Gasteiger partial charge in [-0.3, -0.25) is 19.4 Å². The zero-order valence-corrected chi connectivity index (χ0v) is 17.0. The molecule has 10 heteroatoms. The third kappa shape index (κ3) is 6.57. The molecule has 1 N–H and O–H groups in total. The number of aromatic nitrogens is 1. The normalized spacial score (nSPS) is 12.7. The van der Waals surface area contributed by atoms with Crippen molar-refractivity contribution in [3.05, 3.63) is 30.1 Å². The fourth-order valence-corrected chi connectivity index (χ4v) is 7.14. The molecule has 0 aliphatic carbocycles. The van der Waals surface area contributed by atoms with Crippen molar-refractivity contribution in [2.45, 2.75) is 39.8 Å². The summed E-state index contributed by atoms with van der Waals surface area (Å²) in [4.78, 5) is 4.19. The van der Waals surface area contributed by atoms with Crippen LogP contribution in [0.5, 0.6) is 0 Å². The standard InChI is InChI=1S/C15H28N2O6P2/c1-5-20-24(18,21-6-2)15(25(19,22-7-3)23-8-4)17-13-14-11-9-10-12-16-14/h9-12,15,17H,5-8,13H2,1-4H3. The summed E-state index contributed by atoms with van der Waals surface area (Å²) in [6.07, 6.45) is 1.64. The van der Waals surface area contributed by atoms with Gasteiger partial charge in [0, 0.05) is 12.7 Å². The van der Waals surface area contributed by atoms with Crippen molar-refractivity contribution in [2.24, 2.45) is 0 Å². The van der Waals surface area contributed by atoms with Gasteiger partial charge in [0.15, 0.2) is 0 Å². The minimum absolute atomic E-state index is 0.136. The molecule has 0 aliphatic rings. The van der Waals surface area contributed by atoms with Crippen LogP contribution in [0.2, 0.25) is 0 Å². The van der Waals surface area contributed by atoms with Crippen molar-refractivity contribution in [3.63, 3.8) is 0 Å². The van der Waals surface area contributed by atoms with E-state index in [2.05, 4.69) is 10.3 Å². The van der Waals surface area contributed by atoms with E-state index in [1.807, 2.05) is 6.07 Å². The molecule has 1 aromatic rings. The van der Waals surface area contributed by atoms with Gasteiger partial charge in [-0.2, -0.15) is 0 Å². The van der Waals surface area contributed by atoms with Crippen LogP contribution < -0.4 is 5.32 Å². The summed E-state index contributed by atoms with van der Waals surface area (Å²) < 4.78 is 48.1. The summed E-state index contributed by atoms with van der Waals surface area (Å²) in [6, 6.07) is 5.41. The molecule has 0 atom stereocenters. The number of hydrogen-bond acceptors (Lipinski definition) is 8. The van der Waals surface area contributed by atoms with Crippen LogP contribution in [0, 0.1) is 0 Å². The van der Waals surface area contributed by atoms with Gasteiger partial charge in [0.2, 0.25) is 5.52 Å². The Kier molecular flexibility index (Phi) is 10.1. The van der Waals surface area contributed by atoms with E-state index in [0.29, 0.717) is 5.69 Å². The molecule has 0 saturated heterocycles. The third-order valence-electron chi connectivity index (χ3n) is 3.03. The highest BCUT2D eigenvalue weighted by Crippen LogP contribution is 2.69. The minimum atomic E-state index is -3.80. The average Bonchev–Trinajstić information content (AvgIpc) is 2.56. The molecule has 0 amide bonds. The molecular weight excluding hydrogens is 366 g/mol. The molecule has 25 heavy (non-hydrogen) atoms. The molecule has 8 nitrogen and oxygen atoms in total. The molecule has 1 heterocycles. The number of pyridine rings is 1. The van der Waals surface area contributed by atoms with Crippen LogP contribution >= 0.6 is 15.2 Å². The van der Waals surface area contributed by atoms with Crippen molar-refractivity contribution in [2.75, 3.05) is 26.4 Å². The molecule has 0 spiro atoms. The zero-order chi connectivity index (χ0) is 18.8. The van der Waals surface area contributed by atoms with E-state index in [0.717, 1.165) is 0 Å². The maximum atomic E-state index is 13.3. The predicted molar refractivity (Wildman–Crippen MR) is 96.6 cm³/mol. The summed E-state index contributed by atoms with van der Waals surface area (Å²) in [5.41, 5.74) is -0.562. The fourth-order valence-electron chi connectivity index (χ4n) is 2.17. The van der Waals surface area contributed by atoms with Crippen LogP contribution in [0.1, 0.15) is 33.4 Å². The summed E-state index contributed by atoms with van der Waals surface area (Å²) >= 11 is 0. The van der Waals surface area contributed by atoms with Gasteiger partial charge < -0.3 is 18.1 Å². The molecule has 144 valence electrons. The van der Waals surface area contributed by atoms with E-state index >= 15 is 0 Å². The molecular formula is C15H28N2O6P2. The van der Waals surface area contributed by atoms with Gasteiger partial charge in [0.25, 0.3) is 0 Å². The lowest BCUT2D eigenvalue weighted by atomic mass is 10.3. The molecule has 1 rings (SSSR count). The second-order valence-corrected chi connectivity index (χ2v) is 9.46. The van der Waals surface area contributed by atoms with Crippen LogP contribution in [-0.2, 0) is 33.8 Å². The number of nitrogens with one attached hydrogen (secondary N) is 1. The Morgan fingerprint density at radius 2 is 1.40 bits per heavy atom. The fraction of sp³-hybridized carbons (Fsp3) is 0.667. The van der Waals surface area contributed by atoms with Crippen LogP contribution in [0.3, 0.4) is 0 Å². The van der Waals surface area contributed by atoms with Gasteiger partial charge in [-0.15, -0.1) is 0 Å². The molecule has 0 aliphatic heterocycles. The number of hydrogen-bond donors (Lipinski definition) is 1. The smallest absolute Gasteiger partial charge is 0.307 e. The van der Waals surface area contributed by atoms with Crippen molar-refractivity contribution < 1.29 is 27.2 Å². The molecule has 0 radical (unpaired) electrons. The van der Waals surface area contributed by atoms with Crippen LogP contribution in [0.4, 0.5) is 0 Å². The highest BCUT2D eigenvalue weighted by Gasteiger charge is 2.50. The molecule has 0 unspecified atom stereocenters. The quantitative estimate of drug-likeness (QED) is 0.502. The highest BCUT2D eigenvalue weighted by molar-refractivity contribution is 7.72. The van der Waals surface area contributed by atoms with Gasteiger partial charge in [-0.05, 0) is 39.8 Å². The van der Waals surface area contributed by atoms with E-state index in [-0.39, 0.29) is 33.0 Å². The largest absolute Gasteiger partial charge is 0.359 e. The van der Waals surface area contributed by atoms with E-state index in [1.165, 1.54) is 0 Å². The Morgan fingerprint density at radius 1 is 0.920 bits per heavy atom. The molecule has 0 saturated carbocycles. The zero-order valence-electron chi connectivity index (χ0n) is 15.2.